The average Bonchev–Trinajstić information content (AvgIpc) is 3.94. The summed E-state index contributed by atoms with van der Waals surface area (Å²) in [6, 6.07) is 0.843. The van der Waals surface area contributed by atoms with Gasteiger partial charge in [0, 0.05) is 44.6 Å². The van der Waals surface area contributed by atoms with Crippen molar-refractivity contribution in [3.05, 3.63) is 72.3 Å². The lowest BCUT2D eigenvalue weighted by molar-refractivity contribution is -0.159. The SMILES string of the molecule is CC1=C[C@@H](O)C[C@@H](F)Cc2nc(co2)C(=O)N2CCC[C@@H]2C(=O)O[C@H](C(C)C)[C@H](CC(=O)NCCn2cc(-c3ccn[nH]3)nn2)/C=C/C(=O)NCC=C1. The van der Waals surface area contributed by atoms with Gasteiger partial charge in [-0.25, -0.2) is 14.2 Å². The number of fused-ring (bicyclic) bond motifs is 3. The number of nitrogens with one attached hydrogen (secondary N) is 3. The number of ether oxygens (including phenoxy) is 1. The number of oxazole rings is 1. The first kappa shape index (κ1) is 38.8. The van der Waals surface area contributed by atoms with Gasteiger partial charge in [0.15, 0.2) is 11.6 Å². The number of aliphatic hydroxyl groups excluding tert-OH is 1. The van der Waals surface area contributed by atoms with Gasteiger partial charge in [-0.1, -0.05) is 48.9 Å². The highest BCUT2D eigenvalue weighted by Crippen LogP contribution is 2.27. The van der Waals surface area contributed by atoms with Crippen molar-refractivity contribution in [2.24, 2.45) is 11.8 Å². The maximum absolute atomic E-state index is 14.8. The number of allylic oxidation sites excluding steroid dienone is 2. The molecule has 2 aliphatic rings. The van der Waals surface area contributed by atoms with Crippen LogP contribution in [0, 0.1) is 11.8 Å². The molecule has 1 fully saturated rings. The zero-order chi connectivity index (χ0) is 37.9. The van der Waals surface area contributed by atoms with Crippen molar-refractivity contribution in [2.45, 2.75) is 83.8 Å². The van der Waals surface area contributed by atoms with Crippen molar-refractivity contribution in [3.63, 3.8) is 0 Å². The first-order chi connectivity index (χ1) is 25.5. The van der Waals surface area contributed by atoms with Gasteiger partial charge in [0.2, 0.25) is 11.8 Å². The van der Waals surface area contributed by atoms with E-state index in [0.29, 0.717) is 36.3 Å². The molecular formula is C36H46FN9O7. The number of aromatic amines is 1. The van der Waals surface area contributed by atoms with Gasteiger partial charge in [0.1, 0.15) is 30.3 Å². The van der Waals surface area contributed by atoms with E-state index in [1.54, 1.807) is 48.3 Å². The van der Waals surface area contributed by atoms with Crippen molar-refractivity contribution in [1.82, 2.24) is 45.7 Å². The van der Waals surface area contributed by atoms with Crippen LogP contribution in [-0.4, -0.2) is 108 Å². The number of aromatic nitrogens is 6. The molecule has 4 N–H and O–H groups in total. The van der Waals surface area contributed by atoms with Crippen LogP contribution < -0.4 is 10.6 Å². The summed E-state index contributed by atoms with van der Waals surface area (Å²) >= 11 is 0. The van der Waals surface area contributed by atoms with E-state index >= 15 is 0 Å². The summed E-state index contributed by atoms with van der Waals surface area (Å²) in [5.74, 6) is -2.97. The van der Waals surface area contributed by atoms with Crippen molar-refractivity contribution < 1.29 is 37.8 Å². The predicted molar refractivity (Wildman–Crippen MR) is 188 cm³/mol. The first-order valence-electron chi connectivity index (χ1n) is 17.7. The third kappa shape index (κ3) is 11.0. The molecule has 5 atom stereocenters. The van der Waals surface area contributed by atoms with Crippen LogP contribution in [0.5, 0.6) is 0 Å². The number of aliphatic hydroxyl groups is 1. The molecule has 0 radical (unpaired) electrons. The Morgan fingerprint density at radius 1 is 1.21 bits per heavy atom. The number of H-pyrrole nitrogens is 1. The number of amides is 3. The topological polar surface area (TPSA) is 210 Å². The van der Waals surface area contributed by atoms with Gasteiger partial charge in [0.05, 0.1) is 31.0 Å². The summed E-state index contributed by atoms with van der Waals surface area (Å²) in [6.07, 6.45) is 9.09. The highest BCUT2D eigenvalue weighted by Gasteiger charge is 2.39. The molecule has 0 unspecified atom stereocenters. The number of halogens is 1. The molecule has 5 rings (SSSR count). The van der Waals surface area contributed by atoms with Gasteiger partial charge >= 0.3 is 5.97 Å². The molecule has 1 saturated heterocycles. The van der Waals surface area contributed by atoms with Crippen LogP contribution in [0.1, 0.15) is 62.8 Å². The monoisotopic (exact) mass is 735 g/mol. The van der Waals surface area contributed by atoms with E-state index in [-0.39, 0.29) is 62.3 Å². The minimum atomic E-state index is -1.50. The Kier molecular flexibility index (Phi) is 13.4. The summed E-state index contributed by atoms with van der Waals surface area (Å²) in [5.41, 5.74) is 1.90. The number of nitrogens with zero attached hydrogens (tertiary/aromatic N) is 6. The summed E-state index contributed by atoms with van der Waals surface area (Å²) in [7, 11) is 0. The Balaban J connectivity index is 1.33. The van der Waals surface area contributed by atoms with Gasteiger partial charge in [-0.05, 0) is 37.8 Å². The first-order valence-corrected chi connectivity index (χ1v) is 17.7. The predicted octanol–water partition coefficient (Wildman–Crippen LogP) is 2.47. The molecule has 53 heavy (non-hydrogen) atoms. The van der Waals surface area contributed by atoms with Crippen LogP contribution in [0.4, 0.5) is 4.39 Å². The molecule has 3 aromatic rings. The number of alkyl halides is 1. The number of carbonyl (C=O) groups excluding carboxylic acids is 4. The highest BCUT2D eigenvalue weighted by molar-refractivity contribution is 5.95. The second kappa shape index (κ2) is 18.3. The Morgan fingerprint density at radius 2 is 2.04 bits per heavy atom. The summed E-state index contributed by atoms with van der Waals surface area (Å²) in [4.78, 5) is 58.9. The number of esters is 1. The largest absolute Gasteiger partial charge is 0.460 e. The normalized spacial score (nSPS) is 24.3. The number of rotatable bonds is 7. The van der Waals surface area contributed by atoms with E-state index in [9.17, 15) is 28.7 Å². The van der Waals surface area contributed by atoms with Gasteiger partial charge in [-0.3, -0.25) is 24.2 Å². The van der Waals surface area contributed by atoms with Crippen LogP contribution in [0.25, 0.3) is 11.4 Å². The fourth-order valence-corrected chi connectivity index (χ4v) is 6.29. The van der Waals surface area contributed by atoms with Gasteiger partial charge < -0.3 is 29.8 Å². The van der Waals surface area contributed by atoms with Crippen molar-refractivity contribution >= 4 is 23.7 Å². The minimum absolute atomic E-state index is 0.00551. The van der Waals surface area contributed by atoms with E-state index in [1.165, 1.54) is 17.1 Å². The Bertz CT molecular complexity index is 1800. The molecule has 284 valence electrons. The van der Waals surface area contributed by atoms with E-state index in [2.05, 4.69) is 36.1 Å². The van der Waals surface area contributed by atoms with Crippen LogP contribution in [0.3, 0.4) is 0 Å². The molecule has 3 amide bonds. The number of cyclic esters (lactones) is 1. The van der Waals surface area contributed by atoms with E-state index in [1.807, 2.05) is 13.8 Å². The average molecular weight is 736 g/mol. The second-order valence-corrected chi connectivity index (χ2v) is 13.5. The van der Waals surface area contributed by atoms with Crippen LogP contribution in [0.2, 0.25) is 0 Å². The fraction of sp³-hybridized carbons (Fsp3) is 0.500. The van der Waals surface area contributed by atoms with Crippen molar-refractivity contribution in [3.8, 4) is 11.4 Å². The minimum Gasteiger partial charge on any atom is -0.460 e. The zero-order valence-corrected chi connectivity index (χ0v) is 30.0. The molecule has 5 heterocycles. The third-order valence-corrected chi connectivity index (χ3v) is 8.91. The van der Waals surface area contributed by atoms with Crippen LogP contribution in [-0.2, 0) is 32.1 Å². The Hall–Kier alpha value is -5.45. The number of carbonyl (C=O) groups is 4. The van der Waals surface area contributed by atoms with E-state index in [4.69, 9.17) is 9.15 Å². The molecule has 0 aromatic carbocycles. The summed E-state index contributed by atoms with van der Waals surface area (Å²) in [6.45, 7) is 6.43. The molecule has 17 heteroatoms. The smallest absolute Gasteiger partial charge is 0.329 e. The highest BCUT2D eigenvalue weighted by atomic mass is 19.1. The molecular weight excluding hydrogens is 689 g/mol. The van der Waals surface area contributed by atoms with E-state index in [0.717, 1.165) is 6.26 Å². The molecule has 16 nitrogen and oxygen atoms in total. The molecule has 0 saturated carbocycles. The Labute approximate surface area is 305 Å². The summed E-state index contributed by atoms with van der Waals surface area (Å²) in [5, 5.41) is 30.9. The maximum atomic E-state index is 14.8. The molecule has 2 aliphatic heterocycles. The molecule has 3 aromatic heterocycles. The lowest BCUT2D eigenvalue weighted by Gasteiger charge is -2.30. The quantitative estimate of drug-likeness (QED) is 0.259. The molecule has 0 aliphatic carbocycles. The summed E-state index contributed by atoms with van der Waals surface area (Å²) < 4.78 is 27.9. The third-order valence-electron chi connectivity index (χ3n) is 8.91. The van der Waals surface area contributed by atoms with Crippen LogP contribution in [0.15, 0.2) is 65.1 Å². The van der Waals surface area contributed by atoms with Gasteiger partial charge in [0.25, 0.3) is 5.91 Å². The van der Waals surface area contributed by atoms with Gasteiger partial charge in [-0.2, -0.15) is 5.10 Å². The van der Waals surface area contributed by atoms with Crippen LogP contribution >= 0.6 is 0 Å². The van der Waals surface area contributed by atoms with Gasteiger partial charge in [-0.15, -0.1) is 5.10 Å². The van der Waals surface area contributed by atoms with Crippen molar-refractivity contribution in [1.29, 1.82) is 0 Å². The number of hydrogen-bond acceptors (Lipinski definition) is 11. The number of hydrogen-bond donors (Lipinski definition) is 4. The second-order valence-electron chi connectivity index (χ2n) is 13.5. The Morgan fingerprint density at radius 3 is 2.81 bits per heavy atom. The van der Waals surface area contributed by atoms with E-state index < -0.39 is 48.1 Å². The maximum Gasteiger partial charge on any atom is 0.329 e. The fourth-order valence-electron chi connectivity index (χ4n) is 6.29. The zero-order valence-electron chi connectivity index (χ0n) is 30.0. The molecule has 2 bridgehead atoms. The molecule has 0 spiro atoms. The lowest BCUT2D eigenvalue weighted by Crippen LogP contribution is -2.44. The standard InChI is InChI=1S/C36H46FN9O7/c1-22(2)34-24(17-32(49)39-13-15-45-20-28(43-44-45)27-10-12-40-42-27)8-9-31(48)38-11-4-6-23(3)16-26(47)18-25(37)19-33-41-29(21-52-33)35(50)46-14-5-7-30(46)36(51)53-34/h4,6,8-10,12,16,20-22,24-26,30,34,47H,5,7,11,13-15,17-19H2,1-3H3,(H,38,48)(H,39,49)(H,40,42)/b6-4?,9-8+,23-16?/t24-,25+,26+,30+,34+/m0/s1. The van der Waals surface area contributed by atoms with Crippen molar-refractivity contribution in [2.75, 3.05) is 19.6 Å². The lowest BCUT2D eigenvalue weighted by atomic mass is 9.89.